The van der Waals surface area contributed by atoms with E-state index < -0.39 is 0 Å². The highest BCUT2D eigenvalue weighted by atomic mass is 16.5. The third-order valence-electron chi connectivity index (χ3n) is 3.24. The Kier molecular flexibility index (Phi) is 7.44. The van der Waals surface area contributed by atoms with Gasteiger partial charge < -0.3 is 10.1 Å². The number of carbonyl (C=O) groups is 1. The second kappa shape index (κ2) is 9.11. The van der Waals surface area contributed by atoms with Gasteiger partial charge in [-0.25, -0.2) is 0 Å². The number of hydrogen-bond donors (Lipinski definition) is 1. The third kappa shape index (κ3) is 6.39. The van der Waals surface area contributed by atoms with Gasteiger partial charge in [0.2, 0.25) is 5.91 Å². The van der Waals surface area contributed by atoms with Crippen LogP contribution in [-0.2, 0) is 9.53 Å². The summed E-state index contributed by atoms with van der Waals surface area (Å²) in [5, 5.41) is 11.6. The number of rotatable bonds is 8. The SMILES string of the molecule is COCCN(CCC(=O)Nc1ccc(C#N)cc1)C(C)C. The molecule has 0 heterocycles. The number of methoxy groups -OCH3 is 1. The first-order valence-electron chi connectivity index (χ1n) is 7.09. The number of nitrogens with one attached hydrogen (secondary N) is 1. The topological polar surface area (TPSA) is 65.4 Å². The Morgan fingerprint density at radius 3 is 2.52 bits per heavy atom. The molecule has 5 nitrogen and oxygen atoms in total. The number of nitrogens with zero attached hydrogens (tertiary/aromatic N) is 2. The molecule has 0 saturated heterocycles. The number of benzene rings is 1. The molecule has 0 unspecified atom stereocenters. The van der Waals surface area contributed by atoms with Crippen molar-refractivity contribution in [1.29, 1.82) is 5.26 Å². The number of ether oxygens (including phenoxy) is 1. The number of nitriles is 1. The Balaban J connectivity index is 2.43. The van der Waals surface area contributed by atoms with Gasteiger partial charge in [-0.05, 0) is 38.1 Å². The molecule has 1 amide bonds. The Labute approximate surface area is 126 Å². The first kappa shape index (κ1) is 17.2. The second-order valence-electron chi connectivity index (χ2n) is 5.11. The van der Waals surface area contributed by atoms with Crippen LogP contribution in [0.4, 0.5) is 5.69 Å². The molecule has 1 rings (SSSR count). The molecule has 0 bridgehead atoms. The number of hydrogen-bond acceptors (Lipinski definition) is 4. The fourth-order valence-electron chi connectivity index (χ4n) is 1.93. The van der Waals surface area contributed by atoms with E-state index in [-0.39, 0.29) is 5.91 Å². The standard InChI is InChI=1S/C16H23N3O2/c1-13(2)19(10-11-21-3)9-8-16(20)18-15-6-4-14(12-17)5-7-15/h4-7,13H,8-11H2,1-3H3,(H,18,20). The van der Waals surface area contributed by atoms with Crippen LogP contribution in [0.25, 0.3) is 0 Å². The van der Waals surface area contributed by atoms with Crippen LogP contribution in [0.3, 0.4) is 0 Å². The van der Waals surface area contributed by atoms with Gasteiger partial charge >= 0.3 is 0 Å². The quantitative estimate of drug-likeness (QED) is 0.797. The van der Waals surface area contributed by atoms with Crippen LogP contribution >= 0.6 is 0 Å². The van der Waals surface area contributed by atoms with Crippen LogP contribution in [-0.4, -0.2) is 43.7 Å². The largest absolute Gasteiger partial charge is 0.383 e. The summed E-state index contributed by atoms with van der Waals surface area (Å²) in [5.41, 5.74) is 1.30. The molecule has 0 atom stereocenters. The highest BCUT2D eigenvalue weighted by molar-refractivity contribution is 5.90. The van der Waals surface area contributed by atoms with E-state index in [2.05, 4.69) is 24.1 Å². The van der Waals surface area contributed by atoms with Crippen molar-refractivity contribution in [2.75, 3.05) is 32.1 Å². The highest BCUT2D eigenvalue weighted by Gasteiger charge is 2.11. The van der Waals surface area contributed by atoms with Gasteiger partial charge in [0.1, 0.15) is 0 Å². The zero-order valence-corrected chi connectivity index (χ0v) is 12.9. The summed E-state index contributed by atoms with van der Waals surface area (Å²) in [6, 6.07) is 9.28. The van der Waals surface area contributed by atoms with Crippen molar-refractivity contribution < 1.29 is 9.53 Å². The molecule has 114 valence electrons. The summed E-state index contributed by atoms with van der Waals surface area (Å²) in [5.74, 6) is -0.0252. The van der Waals surface area contributed by atoms with Crippen molar-refractivity contribution in [2.24, 2.45) is 0 Å². The fourth-order valence-corrected chi connectivity index (χ4v) is 1.93. The van der Waals surface area contributed by atoms with E-state index in [9.17, 15) is 4.79 Å². The van der Waals surface area contributed by atoms with Gasteiger partial charge in [0, 0.05) is 38.3 Å². The lowest BCUT2D eigenvalue weighted by Gasteiger charge is -2.25. The molecule has 0 saturated carbocycles. The van der Waals surface area contributed by atoms with Crippen LogP contribution in [0.5, 0.6) is 0 Å². The summed E-state index contributed by atoms with van der Waals surface area (Å²) in [7, 11) is 1.68. The van der Waals surface area contributed by atoms with Crippen molar-refractivity contribution in [3.8, 4) is 6.07 Å². The molecule has 1 N–H and O–H groups in total. The smallest absolute Gasteiger partial charge is 0.225 e. The minimum absolute atomic E-state index is 0.0252. The van der Waals surface area contributed by atoms with Gasteiger partial charge in [-0.1, -0.05) is 0 Å². The van der Waals surface area contributed by atoms with E-state index in [1.165, 1.54) is 0 Å². The Bertz CT molecular complexity index is 477. The number of amides is 1. The molecule has 0 spiro atoms. The van der Waals surface area contributed by atoms with Crippen molar-refractivity contribution in [3.05, 3.63) is 29.8 Å². The lowest BCUT2D eigenvalue weighted by atomic mass is 10.2. The van der Waals surface area contributed by atoms with Crippen LogP contribution in [0.2, 0.25) is 0 Å². The van der Waals surface area contributed by atoms with Gasteiger partial charge in [0.15, 0.2) is 0 Å². The molecule has 5 heteroatoms. The van der Waals surface area contributed by atoms with E-state index in [1.807, 2.05) is 6.07 Å². The number of anilines is 1. The Hall–Kier alpha value is -1.90. The predicted octanol–water partition coefficient (Wildman–Crippen LogP) is 2.24. The van der Waals surface area contributed by atoms with Crippen molar-refractivity contribution in [2.45, 2.75) is 26.3 Å². The summed E-state index contributed by atoms with van der Waals surface area (Å²) < 4.78 is 5.08. The van der Waals surface area contributed by atoms with Gasteiger partial charge in [-0.2, -0.15) is 5.26 Å². The molecule has 0 fully saturated rings. The van der Waals surface area contributed by atoms with E-state index in [0.717, 1.165) is 6.54 Å². The van der Waals surface area contributed by atoms with Crippen LogP contribution in [0.15, 0.2) is 24.3 Å². The molecule has 1 aromatic carbocycles. The van der Waals surface area contributed by atoms with Crippen LogP contribution in [0, 0.1) is 11.3 Å². The summed E-state index contributed by atoms with van der Waals surface area (Å²) >= 11 is 0. The van der Waals surface area contributed by atoms with Gasteiger partial charge in [-0.15, -0.1) is 0 Å². The molecule has 1 aromatic rings. The summed E-state index contributed by atoms with van der Waals surface area (Å²) in [6.45, 7) is 6.39. The fraction of sp³-hybridized carbons (Fsp3) is 0.500. The van der Waals surface area contributed by atoms with Gasteiger partial charge in [-0.3, -0.25) is 9.69 Å². The second-order valence-corrected chi connectivity index (χ2v) is 5.11. The van der Waals surface area contributed by atoms with Crippen LogP contribution in [0.1, 0.15) is 25.8 Å². The molecule has 21 heavy (non-hydrogen) atoms. The van der Waals surface area contributed by atoms with Crippen molar-refractivity contribution in [3.63, 3.8) is 0 Å². The predicted molar refractivity (Wildman–Crippen MR) is 83.0 cm³/mol. The zero-order chi connectivity index (χ0) is 15.7. The highest BCUT2D eigenvalue weighted by Crippen LogP contribution is 2.09. The average Bonchev–Trinajstić information content (AvgIpc) is 2.47. The molecule has 0 aliphatic rings. The lowest BCUT2D eigenvalue weighted by molar-refractivity contribution is -0.116. The maximum absolute atomic E-state index is 11.9. The number of carbonyl (C=O) groups excluding carboxylic acids is 1. The van der Waals surface area contributed by atoms with E-state index in [1.54, 1.807) is 31.4 Å². The normalized spacial score (nSPS) is 10.7. The maximum atomic E-state index is 11.9. The maximum Gasteiger partial charge on any atom is 0.225 e. The molecule has 0 aliphatic heterocycles. The Morgan fingerprint density at radius 1 is 1.33 bits per heavy atom. The van der Waals surface area contributed by atoms with Gasteiger partial charge in [0.25, 0.3) is 0 Å². The average molecular weight is 289 g/mol. The monoisotopic (exact) mass is 289 g/mol. The molecular weight excluding hydrogens is 266 g/mol. The first-order chi connectivity index (χ1) is 10.1. The first-order valence-corrected chi connectivity index (χ1v) is 7.09. The minimum Gasteiger partial charge on any atom is -0.383 e. The molecule has 0 radical (unpaired) electrons. The van der Waals surface area contributed by atoms with Crippen LogP contribution < -0.4 is 5.32 Å². The molecule has 0 aliphatic carbocycles. The van der Waals surface area contributed by atoms with E-state index in [4.69, 9.17) is 10.00 Å². The van der Waals surface area contributed by atoms with Gasteiger partial charge in [0.05, 0.1) is 18.2 Å². The summed E-state index contributed by atoms with van der Waals surface area (Å²) in [6.07, 6.45) is 0.432. The molecular formula is C16H23N3O2. The molecule has 0 aromatic heterocycles. The minimum atomic E-state index is -0.0252. The lowest BCUT2D eigenvalue weighted by Crippen LogP contribution is -2.36. The van der Waals surface area contributed by atoms with E-state index in [0.29, 0.717) is 36.9 Å². The third-order valence-corrected chi connectivity index (χ3v) is 3.24. The van der Waals surface area contributed by atoms with Crippen molar-refractivity contribution >= 4 is 11.6 Å². The summed E-state index contributed by atoms with van der Waals surface area (Å²) in [4.78, 5) is 14.1. The Morgan fingerprint density at radius 2 is 2.00 bits per heavy atom. The zero-order valence-electron chi connectivity index (χ0n) is 12.9. The van der Waals surface area contributed by atoms with Crippen molar-refractivity contribution in [1.82, 2.24) is 4.90 Å². The van der Waals surface area contributed by atoms with E-state index >= 15 is 0 Å².